The van der Waals surface area contributed by atoms with Crippen molar-refractivity contribution in [1.82, 2.24) is 4.90 Å². The molecule has 26 heavy (non-hydrogen) atoms. The highest BCUT2D eigenvalue weighted by molar-refractivity contribution is 6.21. The number of Topliss-reactive ketones (excluding diaryl/α,β-unsaturated/α-hetero) is 1. The first-order valence-corrected chi connectivity index (χ1v) is 8.45. The number of ketones is 1. The van der Waals surface area contributed by atoms with Gasteiger partial charge in [0, 0.05) is 13.0 Å². The van der Waals surface area contributed by atoms with E-state index in [0.29, 0.717) is 11.1 Å². The van der Waals surface area contributed by atoms with Gasteiger partial charge in [-0.1, -0.05) is 12.1 Å². The van der Waals surface area contributed by atoms with Crippen LogP contribution in [-0.2, 0) is 14.3 Å². The molecule has 7 nitrogen and oxygen atoms in total. The molecule has 0 fully saturated rings. The number of imide groups is 1. The van der Waals surface area contributed by atoms with E-state index in [2.05, 4.69) is 0 Å². The van der Waals surface area contributed by atoms with E-state index in [1.807, 2.05) is 0 Å². The Morgan fingerprint density at radius 1 is 1.12 bits per heavy atom. The minimum absolute atomic E-state index is 0.00717. The maximum Gasteiger partial charge on any atom is 0.313 e. The second kappa shape index (κ2) is 7.78. The predicted octanol–water partition coefficient (Wildman–Crippen LogP) is 1.72. The summed E-state index contributed by atoms with van der Waals surface area (Å²) in [5.74, 6) is -1.90. The van der Waals surface area contributed by atoms with Gasteiger partial charge in [0.1, 0.15) is 17.8 Å². The molecule has 0 bridgehead atoms. The molecule has 7 heteroatoms. The number of hydrogen-bond acceptors (Lipinski definition) is 6. The lowest BCUT2D eigenvalue weighted by atomic mass is 10.1. The molecule has 1 N–H and O–H groups in total. The Morgan fingerprint density at radius 3 is 2.15 bits per heavy atom. The Morgan fingerprint density at radius 2 is 1.65 bits per heavy atom. The van der Waals surface area contributed by atoms with E-state index in [0.717, 1.165) is 4.90 Å². The Bertz CT molecular complexity index is 699. The standard InChI is InChI=1S/C19H23NO6/c1-19(2,3)26-16(23)11-13(22)10-12(21)8-9-20-17(24)14-6-4-5-7-15(14)18(20)25/h4-7,12,21H,8-11H2,1-3H3/t12-/m1/s1. The van der Waals surface area contributed by atoms with Crippen LogP contribution >= 0.6 is 0 Å². The fraction of sp³-hybridized carbons (Fsp3) is 0.474. The van der Waals surface area contributed by atoms with E-state index in [-0.39, 0.29) is 19.4 Å². The van der Waals surface area contributed by atoms with Crippen LogP contribution < -0.4 is 0 Å². The van der Waals surface area contributed by atoms with Crippen molar-refractivity contribution in [3.63, 3.8) is 0 Å². The molecule has 0 unspecified atom stereocenters. The molecule has 1 aromatic rings. The summed E-state index contributed by atoms with van der Waals surface area (Å²) < 4.78 is 5.06. The molecule has 0 radical (unpaired) electrons. The Hall–Kier alpha value is -2.54. The second-order valence-corrected chi connectivity index (χ2v) is 7.26. The first-order valence-electron chi connectivity index (χ1n) is 8.45. The number of rotatable bonds is 7. The monoisotopic (exact) mass is 361 g/mol. The molecule has 2 amide bonds. The number of esters is 1. The van der Waals surface area contributed by atoms with E-state index >= 15 is 0 Å². The molecule has 1 atom stereocenters. The lowest BCUT2D eigenvalue weighted by molar-refractivity contribution is -0.156. The SMILES string of the molecule is CC(C)(C)OC(=O)CC(=O)C[C@H](O)CCN1C(=O)c2ccccc2C1=O. The van der Waals surface area contributed by atoms with Gasteiger partial charge in [-0.3, -0.25) is 24.1 Å². The fourth-order valence-electron chi connectivity index (χ4n) is 2.70. The van der Waals surface area contributed by atoms with Crippen LogP contribution in [0, 0.1) is 0 Å². The average Bonchev–Trinajstić information content (AvgIpc) is 2.75. The van der Waals surface area contributed by atoms with Gasteiger partial charge in [0.15, 0.2) is 0 Å². The zero-order valence-corrected chi connectivity index (χ0v) is 15.2. The van der Waals surface area contributed by atoms with Crippen LogP contribution in [0.3, 0.4) is 0 Å². The van der Waals surface area contributed by atoms with E-state index in [1.54, 1.807) is 45.0 Å². The van der Waals surface area contributed by atoms with Crippen molar-refractivity contribution in [1.29, 1.82) is 0 Å². The molecule has 1 aliphatic rings. The van der Waals surface area contributed by atoms with Crippen LogP contribution in [0.5, 0.6) is 0 Å². The number of ether oxygens (including phenoxy) is 1. The molecular weight excluding hydrogens is 338 g/mol. The van der Waals surface area contributed by atoms with Gasteiger partial charge >= 0.3 is 5.97 Å². The van der Waals surface area contributed by atoms with Crippen molar-refractivity contribution in [2.24, 2.45) is 0 Å². The van der Waals surface area contributed by atoms with Crippen molar-refractivity contribution in [3.8, 4) is 0 Å². The normalized spacial score (nSPS) is 15.0. The minimum Gasteiger partial charge on any atom is -0.460 e. The number of nitrogens with zero attached hydrogens (tertiary/aromatic N) is 1. The highest BCUT2D eigenvalue weighted by Crippen LogP contribution is 2.23. The number of hydrogen-bond donors (Lipinski definition) is 1. The highest BCUT2D eigenvalue weighted by atomic mass is 16.6. The van der Waals surface area contributed by atoms with Crippen molar-refractivity contribution >= 4 is 23.6 Å². The molecule has 0 saturated heterocycles. The Kier molecular flexibility index (Phi) is 5.92. The maximum atomic E-state index is 12.2. The summed E-state index contributed by atoms with van der Waals surface area (Å²) in [6.45, 7) is 5.11. The lowest BCUT2D eigenvalue weighted by Gasteiger charge is -2.19. The smallest absolute Gasteiger partial charge is 0.313 e. The minimum atomic E-state index is -1.05. The summed E-state index contributed by atoms with van der Waals surface area (Å²) in [5, 5.41) is 9.99. The number of carbonyl (C=O) groups excluding carboxylic acids is 4. The van der Waals surface area contributed by atoms with E-state index in [9.17, 15) is 24.3 Å². The van der Waals surface area contributed by atoms with Crippen molar-refractivity contribution in [3.05, 3.63) is 35.4 Å². The summed E-state index contributed by atoms with van der Waals surface area (Å²) in [7, 11) is 0. The van der Waals surface area contributed by atoms with Gasteiger partial charge in [-0.15, -0.1) is 0 Å². The zero-order chi connectivity index (χ0) is 19.5. The summed E-state index contributed by atoms with van der Waals surface area (Å²) in [4.78, 5) is 48.9. The molecule has 0 aromatic heterocycles. The first kappa shape index (κ1) is 19.8. The molecule has 0 spiro atoms. The van der Waals surface area contributed by atoms with Gasteiger partial charge in [-0.25, -0.2) is 0 Å². The highest BCUT2D eigenvalue weighted by Gasteiger charge is 2.35. The maximum absolute atomic E-state index is 12.2. The van der Waals surface area contributed by atoms with Crippen LogP contribution in [0.25, 0.3) is 0 Å². The molecule has 1 heterocycles. The predicted molar refractivity (Wildman–Crippen MR) is 92.5 cm³/mol. The number of aliphatic hydroxyl groups excluding tert-OH is 1. The number of carbonyl (C=O) groups is 4. The molecule has 2 rings (SSSR count). The Labute approximate surface area is 151 Å². The fourth-order valence-corrected chi connectivity index (χ4v) is 2.70. The van der Waals surface area contributed by atoms with E-state index < -0.39 is 41.7 Å². The molecular formula is C19H23NO6. The topological polar surface area (TPSA) is 101 Å². The van der Waals surface area contributed by atoms with Gasteiger partial charge in [0.2, 0.25) is 0 Å². The van der Waals surface area contributed by atoms with Gasteiger partial charge in [-0.2, -0.15) is 0 Å². The van der Waals surface area contributed by atoms with Crippen molar-refractivity contribution in [2.75, 3.05) is 6.54 Å². The summed E-state index contributed by atoms with van der Waals surface area (Å²) >= 11 is 0. The third kappa shape index (κ3) is 4.98. The molecule has 1 aromatic carbocycles. The van der Waals surface area contributed by atoms with E-state index in [4.69, 9.17) is 4.74 Å². The quantitative estimate of drug-likeness (QED) is 0.451. The van der Waals surface area contributed by atoms with Gasteiger partial charge in [0.25, 0.3) is 11.8 Å². The van der Waals surface area contributed by atoms with E-state index in [1.165, 1.54) is 0 Å². The largest absolute Gasteiger partial charge is 0.460 e. The van der Waals surface area contributed by atoms with Gasteiger partial charge in [0.05, 0.1) is 17.2 Å². The van der Waals surface area contributed by atoms with Crippen LogP contribution in [0.1, 0.15) is 60.7 Å². The van der Waals surface area contributed by atoms with Crippen LogP contribution in [-0.4, -0.2) is 51.8 Å². The van der Waals surface area contributed by atoms with Crippen LogP contribution in [0.2, 0.25) is 0 Å². The summed E-state index contributed by atoms with van der Waals surface area (Å²) in [6, 6.07) is 6.52. The first-order chi connectivity index (χ1) is 12.1. The molecule has 140 valence electrons. The second-order valence-electron chi connectivity index (χ2n) is 7.26. The van der Waals surface area contributed by atoms with Gasteiger partial charge < -0.3 is 9.84 Å². The summed E-state index contributed by atoms with van der Waals surface area (Å²) in [5.41, 5.74) is 0.00236. The van der Waals surface area contributed by atoms with Crippen LogP contribution in [0.4, 0.5) is 0 Å². The third-order valence-corrected chi connectivity index (χ3v) is 3.79. The molecule has 0 aliphatic carbocycles. The van der Waals surface area contributed by atoms with Crippen molar-refractivity contribution in [2.45, 2.75) is 51.7 Å². The third-order valence-electron chi connectivity index (χ3n) is 3.79. The average molecular weight is 361 g/mol. The molecule has 0 saturated carbocycles. The Balaban J connectivity index is 1.81. The van der Waals surface area contributed by atoms with Crippen LogP contribution in [0.15, 0.2) is 24.3 Å². The molecule has 1 aliphatic heterocycles. The number of benzene rings is 1. The van der Waals surface area contributed by atoms with Gasteiger partial charge in [-0.05, 0) is 39.3 Å². The van der Waals surface area contributed by atoms with Crippen molar-refractivity contribution < 1.29 is 29.0 Å². The number of fused-ring (bicyclic) bond motifs is 1. The summed E-state index contributed by atoms with van der Waals surface area (Å²) in [6.07, 6.45) is -1.64. The number of amides is 2. The number of aliphatic hydroxyl groups is 1. The zero-order valence-electron chi connectivity index (χ0n) is 15.2. The lowest BCUT2D eigenvalue weighted by Crippen LogP contribution is -2.33.